The number of aromatic nitrogens is 4. The van der Waals surface area contributed by atoms with Gasteiger partial charge in [0.05, 0.1) is 4.47 Å². The van der Waals surface area contributed by atoms with Gasteiger partial charge in [-0.05, 0) is 34.3 Å². The van der Waals surface area contributed by atoms with Crippen molar-refractivity contribution in [1.82, 2.24) is 19.9 Å². The van der Waals surface area contributed by atoms with Crippen molar-refractivity contribution in [2.45, 2.75) is 26.7 Å². The highest BCUT2D eigenvalue weighted by atomic mass is 79.9. The second-order valence-corrected chi connectivity index (χ2v) is 5.54. The molecule has 2 heterocycles. The van der Waals surface area contributed by atoms with Gasteiger partial charge in [-0.2, -0.15) is 0 Å². The fourth-order valence-corrected chi connectivity index (χ4v) is 2.34. The Kier molecular flexibility index (Phi) is 3.87. The Hall–Kier alpha value is -1.14. The number of nitrogens with zero attached hydrogens (tertiary/aromatic N) is 3. The van der Waals surface area contributed by atoms with E-state index >= 15 is 0 Å². The Morgan fingerprint density at radius 3 is 2.44 bits per heavy atom. The van der Waals surface area contributed by atoms with Crippen LogP contribution in [0.15, 0.2) is 16.9 Å². The van der Waals surface area contributed by atoms with Crippen molar-refractivity contribution in [3.63, 3.8) is 0 Å². The first-order chi connectivity index (χ1) is 8.49. The lowest BCUT2D eigenvalue weighted by molar-refractivity contribution is 0.804. The third-order valence-electron chi connectivity index (χ3n) is 2.46. The summed E-state index contributed by atoms with van der Waals surface area (Å²) in [5.41, 5.74) is 2.02. The zero-order valence-corrected chi connectivity index (χ0v) is 12.8. The third-order valence-corrected chi connectivity index (χ3v) is 3.82. The standard InChI is InChI=1S/C12H13BrN4S/c1-6(2)9-8(13)12(18)17-11(16-9)10-14-4-7(3)5-15-10/h4-6H,1-3H3,(H,16,17,18). The minimum atomic E-state index is 0.313. The predicted octanol–water partition coefficient (Wildman–Crippen LogP) is 3.79. The predicted molar refractivity (Wildman–Crippen MR) is 77.0 cm³/mol. The molecule has 0 aromatic carbocycles. The minimum absolute atomic E-state index is 0.313. The highest BCUT2D eigenvalue weighted by molar-refractivity contribution is 9.10. The summed E-state index contributed by atoms with van der Waals surface area (Å²) in [7, 11) is 0. The van der Waals surface area contributed by atoms with Gasteiger partial charge >= 0.3 is 0 Å². The molecule has 2 aromatic rings. The Morgan fingerprint density at radius 1 is 1.28 bits per heavy atom. The van der Waals surface area contributed by atoms with Crippen LogP contribution < -0.4 is 0 Å². The van der Waals surface area contributed by atoms with Crippen LogP contribution in [0.2, 0.25) is 0 Å². The van der Waals surface area contributed by atoms with Gasteiger partial charge in [-0.25, -0.2) is 15.0 Å². The average Bonchev–Trinajstić information content (AvgIpc) is 2.33. The second-order valence-electron chi connectivity index (χ2n) is 4.36. The Labute approximate surface area is 119 Å². The normalized spacial score (nSPS) is 10.9. The van der Waals surface area contributed by atoms with Gasteiger partial charge in [0, 0.05) is 18.1 Å². The van der Waals surface area contributed by atoms with Gasteiger partial charge in [0.1, 0.15) is 4.64 Å². The number of halogens is 1. The minimum Gasteiger partial charge on any atom is -0.339 e. The van der Waals surface area contributed by atoms with E-state index in [9.17, 15) is 0 Å². The number of nitrogens with one attached hydrogen (secondary N) is 1. The van der Waals surface area contributed by atoms with Crippen LogP contribution in [0.3, 0.4) is 0 Å². The lowest BCUT2D eigenvalue weighted by atomic mass is 10.1. The largest absolute Gasteiger partial charge is 0.339 e. The first-order valence-corrected chi connectivity index (χ1v) is 6.78. The smallest absolute Gasteiger partial charge is 0.195 e. The zero-order valence-electron chi connectivity index (χ0n) is 10.4. The molecule has 0 saturated heterocycles. The van der Waals surface area contributed by atoms with Gasteiger partial charge in [-0.1, -0.05) is 26.1 Å². The summed E-state index contributed by atoms with van der Waals surface area (Å²) in [5, 5.41) is 0. The molecule has 0 amide bonds. The van der Waals surface area contributed by atoms with Gasteiger partial charge in [0.15, 0.2) is 11.6 Å². The van der Waals surface area contributed by atoms with Crippen LogP contribution in [0, 0.1) is 11.6 Å². The van der Waals surface area contributed by atoms with Gasteiger partial charge in [-0.3, -0.25) is 0 Å². The van der Waals surface area contributed by atoms with Gasteiger partial charge in [-0.15, -0.1) is 0 Å². The van der Waals surface area contributed by atoms with E-state index in [0.29, 0.717) is 22.2 Å². The maximum absolute atomic E-state index is 5.24. The van der Waals surface area contributed by atoms with E-state index < -0.39 is 0 Å². The maximum atomic E-state index is 5.24. The summed E-state index contributed by atoms with van der Waals surface area (Å²) < 4.78 is 1.36. The number of aryl methyl sites for hydroxylation is 1. The SMILES string of the molecule is Cc1cnc(-c2nc(=S)c(Br)c(C(C)C)[nH]2)nc1. The number of aromatic amines is 1. The van der Waals surface area contributed by atoms with Crippen molar-refractivity contribution < 1.29 is 0 Å². The molecule has 1 N–H and O–H groups in total. The van der Waals surface area contributed by atoms with E-state index in [0.717, 1.165) is 15.7 Å². The van der Waals surface area contributed by atoms with Crippen LogP contribution >= 0.6 is 28.1 Å². The van der Waals surface area contributed by atoms with Crippen LogP contribution in [0.4, 0.5) is 0 Å². The molecule has 0 unspecified atom stereocenters. The van der Waals surface area contributed by atoms with E-state index in [2.05, 4.69) is 49.7 Å². The number of hydrogen-bond acceptors (Lipinski definition) is 4. The van der Waals surface area contributed by atoms with Crippen molar-refractivity contribution in [3.05, 3.63) is 32.8 Å². The molecule has 0 saturated carbocycles. The molecule has 0 aliphatic rings. The van der Waals surface area contributed by atoms with E-state index in [-0.39, 0.29) is 0 Å². The molecule has 0 spiro atoms. The summed E-state index contributed by atoms with van der Waals surface area (Å²) in [6, 6.07) is 0. The van der Waals surface area contributed by atoms with Crippen molar-refractivity contribution in [3.8, 4) is 11.6 Å². The molecule has 2 rings (SSSR count). The lowest BCUT2D eigenvalue weighted by Gasteiger charge is -2.10. The summed E-state index contributed by atoms with van der Waals surface area (Å²) in [6.45, 7) is 6.12. The Balaban J connectivity index is 2.59. The van der Waals surface area contributed by atoms with Crippen molar-refractivity contribution in [1.29, 1.82) is 0 Å². The molecule has 0 radical (unpaired) electrons. The molecule has 18 heavy (non-hydrogen) atoms. The van der Waals surface area contributed by atoms with E-state index in [1.807, 2.05) is 6.92 Å². The third kappa shape index (κ3) is 2.64. The molecule has 94 valence electrons. The van der Waals surface area contributed by atoms with Crippen LogP contribution in [0.25, 0.3) is 11.6 Å². The fourth-order valence-electron chi connectivity index (χ4n) is 1.49. The first-order valence-electron chi connectivity index (χ1n) is 5.57. The summed E-state index contributed by atoms with van der Waals surface area (Å²) in [5.74, 6) is 1.47. The highest BCUT2D eigenvalue weighted by Crippen LogP contribution is 2.25. The quantitative estimate of drug-likeness (QED) is 0.854. The summed E-state index contributed by atoms with van der Waals surface area (Å²) in [4.78, 5) is 16.0. The molecule has 0 bridgehead atoms. The Bertz CT molecular complexity index is 619. The van der Waals surface area contributed by atoms with Crippen LogP contribution in [-0.4, -0.2) is 19.9 Å². The average molecular weight is 325 g/mol. The topological polar surface area (TPSA) is 54.5 Å². The molecular formula is C12H13BrN4S. The molecule has 0 fully saturated rings. The summed E-state index contributed by atoms with van der Waals surface area (Å²) >= 11 is 8.70. The highest BCUT2D eigenvalue weighted by Gasteiger charge is 2.12. The van der Waals surface area contributed by atoms with Crippen molar-refractivity contribution in [2.75, 3.05) is 0 Å². The maximum Gasteiger partial charge on any atom is 0.195 e. The van der Waals surface area contributed by atoms with Gasteiger partial charge in [0.25, 0.3) is 0 Å². The number of H-pyrrole nitrogens is 1. The van der Waals surface area contributed by atoms with Crippen LogP contribution in [0.5, 0.6) is 0 Å². The molecule has 4 nitrogen and oxygen atoms in total. The van der Waals surface area contributed by atoms with E-state index in [4.69, 9.17) is 12.2 Å². The Morgan fingerprint density at radius 2 is 1.89 bits per heavy atom. The summed E-state index contributed by atoms with van der Waals surface area (Å²) in [6.07, 6.45) is 3.52. The van der Waals surface area contributed by atoms with Crippen LogP contribution in [-0.2, 0) is 0 Å². The zero-order chi connectivity index (χ0) is 13.3. The second kappa shape index (κ2) is 5.24. The molecular weight excluding hydrogens is 312 g/mol. The molecule has 0 aliphatic heterocycles. The van der Waals surface area contributed by atoms with Crippen molar-refractivity contribution >= 4 is 28.1 Å². The first kappa shape index (κ1) is 13.3. The van der Waals surface area contributed by atoms with E-state index in [1.165, 1.54) is 0 Å². The van der Waals surface area contributed by atoms with Crippen LogP contribution in [0.1, 0.15) is 31.0 Å². The molecule has 0 aliphatic carbocycles. The van der Waals surface area contributed by atoms with Gasteiger partial charge in [0.2, 0.25) is 0 Å². The van der Waals surface area contributed by atoms with E-state index in [1.54, 1.807) is 12.4 Å². The fraction of sp³-hybridized carbons (Fsp3) is 0.333. The monoisotopic (exact) mass is 324 g/mol. The number of hydrogen-bond donors (Lipinski definition) is 1. The van der Waals surface area contributed by atoms with Gasteiger partial charge < -0.3 is 4.98 Å². The molecule has 6 heteroatoms. The lowest BCUT2D eigenvalue weighted by Crippen LogP contribution is -2.02. The molecule has 0 atom stereocenters. The number of rotatable bonds is 2. The molecule has 2 aromatic heterocycles. The van der Waals surface area contributed by atoms with Crippen molar-refractivity contribution in [2.24, 2.45) is 0 Å².